The van der Waals surface area contributed by atoms with E-state index in [4.69, 9.17) is 0 Å². The molecule has 0 saturated heterocycles. The fourth-order valence-electron chi connectivity index (χ4n) is 4.67. The van der Waals surface area contributed by atoms with Gasteiger partial charge in [-0.3, -0.25) is 4.79 Å². The van der Waals surface area contributed by atoms with Crippen LogP contribution < -0.4 is 16.1 Å². The highest BCUT2D eigenvalue weighted by molar-refractivity contribution is 9.11. The first-order chi connectivity index (χ1) is 17.2. The molecule has 0 aliphatic heterocycles. The Morgan fingerprint density at radius 1 is 1.14 bits per heavy atom. The van der Waals surface area contributed by atoms with Crippen LogP contribution in [0.4, 0.5) is 5.00 Å². The second-order valence-electron chi connectivity index (χ2n) is 9.74. The highest BCUT2D eigenvalue weighted by Gasteiger charge is 2.25. The molecule has 2 aromatic heterocycles. The van der Waals surface area contributed by atoms with Gasteiger partial charge in [0.1, 0.15) is 0 Å². The molecule has 0 radical (unpaired) electrons. The molecule has 2 aromatic rings. The molecule has 202 valence electrons. The number of thiophene rings is 1. The summed E-state index contributed by atoms with van der Waals surface area (Å²) in [7, 11) is 4.38. The van der Waals surface area contributed by atoms with E-state index in [0.29, 0.717) is 6.54 Å². The summed E-state index contributed by atoms with van der Waals surface area (Å²) in [5.74, 6) is 0. The van der Waals surface area contributed by atoms with Crippen LogP contribution in [0.15, 0.2) is 20.2 Å². The van der Waals surface area contributed by atoms with Gasteiger partial charge in [-0.1, -0.05) is 33.1 Å². The summed E-state index contributed by atoms with van der Waals surface area (Å²) >= 11 is 5.47. The summed E-state index contributed by atoms with van der Waals surface area (Å²) in [5, 5.41) is 8.20. The highest BCUT2D eigenvalue weighted by Crippen LogP contribution is 2.44. The quantitative estimate of drug-likeness (QED) is 0.314. The van der Waals surface area contributed by atoms with Crippen LogP contribution in [-0.2, 0) is 6.54 Å². The number of rotatable bonds is 7. The third-order valence-corrected chi connectivity index (χ3v) is 8.69. The summed E-state index contributed by atoms with van der Waals surface area (Å²) < 4.78 is 1.14. The van der Waals surface area contributed by atoms with Crippen molar-refractivity contribution in [2.45, 2.75) is 99.1 Å². The Hall–Kier alpha value is -1.57. The number of allylic oxidation sites excluding steroid dienone is 1. The van der Waals surface area contributed by atoms with Crippen molar-refractivity contribution in [3.63, 3.8) is 0 Å². The number of anilines is 1. The van der Waals surface area contributed by atoms with E-state index in [0.717, 1.165) is 46.2 Å². The summed E-state index contributed by atoms with van der Waals surface area (Å²) in [5.41, 5.74) is 7.85. The van der Waals surface area contributed by atoms with Gasteiger partial charge in [-0.15, -0.1) is 11.3 Å². The van der Waals surface area contributed by atoms with Crippen LogP contribution in [0, 0.1) is 20.8 Å². The second-order valence-corrected chi connectivity index (χ2v) is 12.1. The molecule has 0 amide bonds. The van der Waals surface area contributed by atoms with E-state index in [1.54, 1.807) is 17.4 Å². The SMILES string of the molecule is CC.CCNc1sc(Br)c(C(NCc2c(C)[nH]c(C)cc2=O)=C2CC2)c1C.CN(C)C1CCCCC1. The Morgan fingerprint density at radius 3 is 2.28 bits per heavy atom. The van der Waals surface area contributed by atoms with Gasteiger partial charge in [0.2, 0.25) is 0 Å². The van der Waals surface area contributed by atoms with Gasteiger partial charge < -0.3 is 20.5 Å². The van der Waals surface area contributed by atoms with Gasteiger partial charge in [0, 0.05) is 53.4 Å². The molecule has 5 nitrogen and oxygen atoms in total. The molecule has 0 atom stereocenters. The Kier molecular flexibility index (Phi) is 12.8. The van der Waals surface area contributed by atoms with E-state index in [1.807, 2.05) is 27.7 Å². The lowest BCUT2D eigenvalue weighted by atomic mass is 9.95. The maximum Gasteiger partial charge on any atom is 0.187 e. The lowest BCUT2D eigenvalue weighted by Crippen LogP contribution is -2.29. The highest BCUT2D eigenvalue weighted by atomic mass is 79.9. The minimum absolute atomic E-state index is 0.0934. The second kappa shape index (κ2) is 15.0. The molecule has 0 unspecified atom stereocenters. The summed E-state index contributed by atoms with van der Waals surface area (Å²) in [6.07, 6.45) is 9.46. The minimum Gasteiger partial charge on any atom is -0.380 e. The first kappa shape index (κ1) is 30.7. The number of aryl methyl sites for hydroxylation is 2. The van der Waals surface area contributed by atoms with Crippen molar-refractivity contribution in [1.29, 1.82) is 0 Å². The minimum atomic E-state index is 0.0934. The third kappa shape index (κ3) is 8.49. The Morgan fingerprint density at radius 2 is 1.78 bits per heavy atom. The van der Waals surface area contributed by atoms with E-state index in [2.05, 4.69) is 64.4 Å². The van der Waals surface area contributed by atoms with Gasteiger partial charge in [0.25, 0.3) is 0 Å². The smallest absolute Gasteiger partial charge is 0.187 e. The molecule has 0 aromatic carbocycles. The van der Waals surface area contributed by atoms with E-state index >= 15 is 0 Å². The fourth-order valence-corrected chi connectivity index (χ4v) is 6.65. The summed E-state index contributed by atoms with van der Waals surface area (Å²) in [6.45, 7) is 13.6. The number of H-pyrrole nitrogens is 1. The van der Waals surface area contributed by atoms with Gasteiger partial charge in [-0.05, 0) is 94.5 Å². The van der Waals surface area contributed by atoms with Gasteiger partial charge in [0.05, 0.1) is 8.79 Å². The maximum absolute atomic E-state index is 12.3. The topological polar surface area (TPSA) is 60.2 Å². The van der Waals surface area contributed by atoms with Crippen LogP contribution in [-0.4, -0.2) is 36.6 Å². The molecule has 2 heterocycles. The van der Waals surface area contributed by atoms with Gasteiger partial charge in [0.15, 0.2) is 5.43 Å². The number of hydrogen-bond donors (Lipinski definition) is 3. The molecule has 4 rings (SSSR count). The van der Waals surface area contributed by atoms with Gasteiger partial charge in [-0.2, -0.15) is 0 Å². The number of nitrogens with zero attached hydrogens (tertiary/aromatic N) is 1. The molecule has 3 N–H and O–H groups in total. The van der Waals surface area contributed by atoms with E-state index in [9.17, 15) is 4.79 Å². The lowest BCUT2D eigenvalue weighted by molar-refractivity contribution is 0.229. The average molecular weight is 580 g/mol. The number of aromatic nitrogens is 1. The lowest BCUT2D eigenvalue weighted by Gasteiger charge is -2.27. The monoisotopic (exact) mass is 578 g/mol. The van der Waals surface area contributed by atoms with Crippen LogP contribution in [0.25, 0.3) is 5.70 Å². The number of nitrogens with one attached hydrogen (secondary N) is 3. The average Bonchev–Trinajstić information content (AvgIpc) is 3.65. The Labute approximate surface area is 231 Å². The van der Waals surface area contributed by atoms with Crippen molar-refractivity contribution in [1.82, 2.24) is 15.2 Å². The standard InChI is InChI=1S/C19H24BrN3OS.C8H17N.C2H6/c1-5-21-19-11(3)16(18(20)25-19)17(13-6-7-13)22-9-14-12(4)23-10(2)8-15(14)24;1-9(2)8-6-4-3-5-7-8;1-2/h8,21-22H,5-7,9H2,1-4H3,(H,23,24);8H,3-7H2,1-2H3;1-2H3. The van der Waals surface area contributed by atoms with Crippen molar-refractivity contribution in [3.8, 4) is 0 Å². The Bertz CT molecular complexity index is 1060. The molecule has 36 heavy (non-hydrogen) atoms. The van der Waals surface area contributed by atoms with E-state index in [-0.39, 0.29) is 5.43 Å². The predicted octanol–water partition coefficient (Wildman–Crippen LogP) is 7.76. The molecule has 0 bridgehead atoms. The predicted molar refractivity (Wildman–Crippen MR) is 162 cm³/mol. The molecular formula is C29H47BrN4OS. The first-order valence-electron chi connectivity index (χ1n) is 13.6. The molecular weight excluding hydrogens is 532 g/mol. The molecule has 7 heteroatoms. The normalized spacial score (nSPS) is 15.0. The van der Waals surface area contributed by atoms with Crippen LogP contribution >= 0.6 is 27.3 Å². The van der Waals surface area contributed by atoms with Gasteiger partial charge in [-0.25, -0.2) is 0 Å². The zero-order chi connectivity index (χ0) is 26.8. The van der Waals surface area contributed by atoms with Crippen molar-refractivity contribution in [2.24, 2.45) is 0 Å². The summed E-state index contributed by atoms with van der Waals surface area (Å²) in [6, 6.07) is 2.56. The first-order valence-corrected chi connectivity index (χ1v) is 15.2. The molecule has 2 aliphatic rings. The number of pyridine rings is 1. The largest absolute Gasteiger partial charge is 0.380 e. The van der Waals surface area contributed by atoms with Crippen LogP contribution in [0.5, 0.6) is 0 Å². The van der Waals surface area contributed by atoms with Crippen LogP contribution in [0.3, 0.4) is 0 Å². The molecule has 0 spiro atoms. The zero-order valence-electron chi connectivity index (χ0n) is 23.7. The van der Waals surface area contributed by atoms with Crippen molar-refractivity contribution in [2.75, 3.05) is 26.0 Å². The molecule has 2 aliphatic carbocycles. The number of hydrogen-bond acceptors (Lipinski definition) is 5. The molecule has 2 saturated carbocycles. The van der Waals surface area contributed by atoms with E-state index in [1.165, 1.54) is 59.5 Å². The maximum atomic E-state index is 12.3. The summed E-state index contributed by atoms with van der Waals surface area (Å²) in [4.78, 5) is 17.9. The Balaban J connectivity index is 0.000000347. The number of halogens is 1. The van der Waals surface area contributed by atoms with Crippen molar-refractivity contribution >= 4 is 38.0 Å². The van der Waals surface area contributed by atoms with Crippen LogP contribution in [0.1, 0.15) is 93.8 Å². The van der Waals surface area contributed by atoms with Crippen molar-refractivity contribution < 1.29 is 0 Å². The van der Waals surface area contributed by atoms with Crippen molar-refractivity contribution in [3.05, 3.63) is 53.7 Å². The van der Waals surface area contributed by atoms with Gasteiger partial charge >= 0.3 is 0 Å². The van der Waals surface area contributed by atoms with E-state index < -0.39 is 0 Å². The number of aromatic amines is 1. The third-order valence-electron chi connectivity index (χ3n) is 6.77. The fraction of sp³-hybridized carbons (Fsp3) is 0.621. The van der Waals surface area contributed by atoms with Crippen LogP contribution in [0.2, 0.25) is 0 Å². The molecule has 2 fully saturated rings. The zero-order valence-corrected chi connectivity index (χ0v) is 26.1.